The lowest BCUT2D eigenvalue weighted by molar-refractivity contribution is -0.141. The molecule has 35 heavy (non-hydrogen) atoms. The second-order valence-electron chi connectivity index (χ2n) is 8.98. The molecule has 0 saturated heterocycles. The van der Waals surface area contributed by atoms with Crippen LogP contribution in [-0.2, 0) is 22.6 Å². The van der Waals surface area contributed by atoms with Gasteiger partial charge >= 0.3 is 0 Å². The SMILES string of the molecule is CCC(C(=O)NC1CCCC1)N(Cc1cccc(OC)c1)C(=O)CCc1ccc(OC)c(OC)c1. The first-order valence-corrected chi connectivity index (χ1v) is 12.4. The van der Waals surface area contributed by atoms with Gasteiger partial charge in [-0.3, -0.25) is 9.59 Å². The number of rotatable bonds is 12. The molecule has 1 N–H and O–H groups in total. The van der Waals surface area contributed by atoms with Crippen molar-refractivity contribution >= 4 is 11.8 Å². The molecule has 3 rings (SSSR count). The Hall–Kier alpha value is -3.22. The van der Waals surface area contributed by atoms with E-state index in [2.05, 4.69) is 5.32 Å². The third-order valence-corrected chi connectivity index (χ3v) is 6.65. The molecular weight excluding hydrogens is 444 g/mol. The van der Waals surface area contributed by atoms with E-state index in [0.717, 1.165) is 42.6 Å². The molecule has 2 amide bonds. The normalized spacial score (nSPS) is 14.3. The number of carbonyl (C=O) groups is 2. The maximum absolute atomic E-state index is 13.6. The minimum absolute atomic E-state index is 0.0592. The van der Waals surface area contributed by atoms with Gasteiger partial charge in [0.2, 0.25) is 11.8 Å². The third kappa shape index (κ3) is 7.13. The first-order chi connectivity index (χ1) is 17.0. The van der Waals surface area contributed by atoms with Crippen LogP contribution in [0.25, 0.3) is 0 Å². The van der Waals surface area contributed by atoms with E-state index in [9.17, 15) is 9.59 Å². The Morgan fingerprint density at radius 1 is 0.971 bits per heavy atom. The summed E-state index contributed by atoms with van der Waals surface area (Å²) in [6.07, 6.45) is 5.65. The molecule has 2 aromatic rings. The van der Waals surface area contributed by atoms with Gasteiger partial charge in [-0.1, -0.05) is 38.0 Å². The van der Waals surface area contributed by atoms with E-state index < -0.39 is 6.04 Å². The topological polar surface area (TPSA) is 77.1 Å². The molecule has 0 bridgehead atoms. The standard InChI is InChI=1S/C28H38N2O5/c1-5-24(28(32)29-22-10-6-7-11-22)30(19-21-9-8-12-23(17-21)33-2)27(31)16-14-20-13-15-25(34-3)26(18-20)35-4/h8-9,12-13,15,17-18,22,24H,5-7,10-11,14,16,19H2,1-4H3,(H,29,32). The summed E-state index contributed by atoms with van der Waals surface area (Å²) in [6, 6.07) is 13.0. The Morgan fingerprint density at radius 3 is 2.37 bits per heavy atom. The lowest BCUT2D eigenvalue weighted by Crippen LogP contribution is -2.51. The van der Waals surface area contributed by atoms with Crippen molar-refractivity contribution in [3.05, 3.63) is 53.6 Å². The van der Waals surface area contributed by atoms with Crippen molar-refractivity contribution in [2.45, 2.75) is 70.5 Å². The first-order valence-electron chi connectivity index (χ1n) is 12.4. The van der Waals surface area contributed by atoms with Crippen LogP contribution in [0.3, 0.4) is 0 Å². The molecule has 7 heteroatoms. The van der Waals surface area contributed by atoms with Crippen molar-refractivity contribution in [2.75, 3.05) is 21.3 Å². The minimum atomic E-state index is -0.528. The molecule has 1 aliphatic rings. The van der Waals surface area contributed by atoms with E-state index in [1.807, 2.05) is 49.4 Å². The first kappa shape index (κ1) is 26.4. The quantitative estimate of drug-likeness (QED) is 0.482. The zero-order chi connectivity index (χ0) is 25.2. The fraction of sp³-hybridized carbons (Fsp3) is 0.500. The van der Waals surface area contributed by atoms with E-state index in [4.69, 9.17) is 14.2 Å². The van der Waals surface area contributed by atoms with Crippen LogP contribution in [0.2, 0.25) is 0 Å². The molecule has 2 aromatic carbocycles. The fourth-order valence-electron chi connectivity index (χ4n) is 4.69. The van der Waals surface area contributed by atoms with Crippen molar-refractivity contribution in [3.8, 4) is 17.2 Å². The molecule has 0 radical (unpaired) electrons. The molecule has 1 unspecified atom stereocenters. The second kappa shape index (κ2) is 13.0. The monoisotopic (exact) mass is 482 g/mol. The number of aryl methyl sites for hydroxylation is 1. The van der Waals surface area contributed by atoms with Gasteiger partial charge in [-0.25, -0.2) is 0 Å². The summed E-state index contributed by atoms with van der Waals surface area (Å²) in [5, 5.41) is 3.19. The number of benzene rings is 2. The molecule has 1 saturated carbocycles. The Balaban J connectivity index is 1.78. The van der Waals surface area contributed by atoms with Gasteiger partial charge in [0.25, 0.3) is 0 Å². The third-order valence-electron chi connectivity index (χ3n) is 6.65. The maximum Gasteiger partial charge on any atom is 0.243 e. The maximum atomic E-state index is 13.6. The van der Waals surface area contributed by atoms with Crippen LogP contribution < -0.4 is 19.5 Å². The van der Waals surface area contributed by atoms with Crippen LogP contribution in [-0.4, -0.2) is 50.1 Å². The summed E-state index contributed by atoms with van der Waals surface area (Å²) in [5.41, 5.74) is 1.90. The van der Waals surface area contributed by atoms with Crippen LogP contribution in [0.4, 0.5) is 0 Å². The van der Waals surface area contributed by atoms with Gasteiger partial charge in [-0.15, -0.1) is 0 Å². The fourth-order valence-corrected chi connectivity index (χ4v) is 4.69. The summed E-state index contributed by atoms with van der Waals surface area (Å²) in [7, 11) is 4.81. The number of nitrogens with zero attached hydrogens (tertiary/aromatic N) is 1. The van der Waals surface area contributed by atoms with Crippen LogP contribution in [0.1, 0.15) is 56.6 Å². The Labute approximate surface area is 208 Å². The predicted octanol–water partition coefficient (Wildman–Crippen LogP) is 4.51. The average molecular weight is 483 g/mol. The summed E-state index contributed by atoms with van der Waals surface area (Å²) >= 11 is 0. The molecule has 0 heterocycles. The van der Waals surface area contributed by atoms with Crippen molar-refractivity contribution in [1.29, 1.82) is 0 Å². The Bertz CT molecular complexity index is 987. The summed E-state index contributed by atoms with van der Waals surface area (Å²) in [4.78, 5) is 28.5. The predicted molar refractivity (Wildman–Crippen MR) is 136 cm³/mol. The number of methoxy groups -OCH3 is 3. The van der Waals surface area contributed by atoms with Crippen molar-refractivity contribution in [3.63, 3.8) is 0 Å². The lowest BCUT2D eigenvalue weighted by Gasteiger charge is -2.31. The highest BCUT2D eigenvalue weighted by Crippen LogP contribution is 2.28. The zero-order valence-electron chi connectivity index (χ0n) is 21.3. The minimum Gasteiger partial charge on any atom is -0.497 e. The van der Waals surface area contributed by atoms with Crippen LogP contribution in [0.5, 0.6) is 17.2 Å². The van der Waals surface area contributed by atoms with Crippen molar-refractivity contribution in [1.82, 2.24) is 10.2 Å². The lowest BCUT2D eigenvalue weighted by atomic mass is 10.0. The number of hydrogen-bond acceptors (Lipinski definition) is 5. The molecule has 0 aliphatic heterocycles. The number of hydrogen-bond donors (Lipinski definition) is 1. The zero-order valence-corrected chi connectivity index (χ0v) is 21.3. The van der Waals surface area contributed by atoms with Crippen LogP contribution in [0, 0.1) is 0 Å². The van der Waals surface area contributed by atoms with E-state index >= 15 is 0 Å². The van der Waals surface area contributed by atoms with Crippen LogP contribution in [0.15, 0.2) is 42.5 Å². The summed E-state index contributed by atoms with van der Waals surface area (Å²) < 4.78 is 16.1. The highest BCUT2D eigenvalue weighted by Gasteiger charge is 2.30. The van der Waals surface area contributed by atoms with Gasteiger partial charge in [0.15, 0.2) is 11.5 Å². The molecule has 7 nitrogen and oxygen atoms in total. The molecule has 1 atom stereocenters. The highest BCUT2D eigenvalue weighted by molar-refractivity contribution is 5.88. The molecular formula is C28H38N2O5. The van der Waals surface area contributed by atoms with Gasteiger partial charge in [0.05, 0.1) is 21.3 Å². The Morgan fingerprint density at radius 2 is 1.71 bits per heavy atom. The number of ether oxygens (including phenoxy) is 3. The summed E-state index contributed by atoms with van der Waals surface area (Å²) in [6.45, 7) is 2.30. The van der Waals surface area contributed by atoms with Gasteiger partial charge in [0.1, 0.15) is 11.8 Å². The Kier molecular flexibility index (Phi) is 9.82. The van der Waals surface area contributed by atoms with E-state index in [1.54, 1.807) is 26.2 Å². The van der Waals surface area contributed by atoms with Crippen molar-refractivity contribution in [2.24, 2.45) is 0 Å². The van der Waals surface area contributed by atoms with Gasteiger partial charge < -0.3 is 24.4 Å². The van der Waals surface area contributed by atoms with Gasteiger partial charge in [-0.05, 0) is 61.1 Å². The number of amides is 2. The average Bonchev–Trinajstić information content (AvgIpc) is 3.40. The van der Waals surface area contributed by atoms with Crippen LogP contribution >= 0.6 is 0 Å². The largest absolute Gasteiger partial charge is 0.497 e. The highest BCUT2D eigenvalue weighted by atomic mass is 16.5. The number of nitrogens with one attached hydrogen (secondary N) is 1. The van der Waals surface area contributed by atoms with Crippen molar-refractivity contribution < 1.29 is 23.8 Å². The smallest absolute Gasteiger partial charge is 0.243 e. The van der Waals surface area contributed by atoms with Gasteiger partial charge in [-0.2, -0.15) is 0 Å². The number of carbonyl (C=O) groups excluding carboxylic acids is 2. The van der Waals surface area contributed by atoms with E-state index in [0.29, 0.717) is 30.9 Å². The van der Waals surface area contributed by atoms with E-state index in [1.165, 1.54) is 0 Å². The summed E-state index contributed by atoms with van der Waals surface area (Å²) in [5.74, 6) is 1.88. The molecule has 0 spiro atoms. The second-order valence-corrected chi connectivity index (χ2v) is 8.98. The van der Waals surface area contributed by atoms with E-state index in [-0.39, 0.29) is 24.3 Å². The molecule has 190 valence electrons. The molecule has 0 aromatic heterocycles. The molecule has 1 fully saturated rings. The molecule has 1 aliphatic carbocycles. The van der Waals surface area contributed by atoms with Gasteiger partial charge in [0, 0.05) is 19.0 Å².